The van der Waals surface area contributed by atoms with Crippen LogP contribution < -0.4 is 5.32 Å². The van der Waals surface area contributed by atoms with Crippen molar-refractivity contribution < 1.29 is 14.0 Å². The van der Waals surface area contributed by atoms with Crippen molar-refractivity contribution in [2.45, 2.75) is 12.8 Å². The van der Waals surface area contributed by atoms with Gasteiger partial charge in [0.25, 0.3) is 5.89 Å². The molecule has 0 aliphatic carbocycles. The molecule has 1 aliphatic rings. The Morgan fingerprint density at radius 3 is 3.14 bits per heavy atom. The molecule has 1 aromatic carbocycles. The first kappa shape index (κ1) is 14.0. The summed E-state index contributed by atoms with van der Waals surface area (Å²) < 4.78 is 15.6. The first-order chi connectivity index (χ1) is 10.4. The van der Waals surface area contributed by atoms with Gasteiger partial charge in [-0.3, -0.25) is 0 Å². The van der Waals surface area contributed by atoms with Crippen LogP contribution in [0, 0.1) is 0 Å². The molecule has 1 aliphatic heterocycles. The fourth-order valence-corrected chi connectivity index (χ4v) is 2.30. The Kier molecular flexibility index (Phi) is 4.47. The van der Waals surface area contributed by atoms with Crippen LogP contribution in [0.5, 0.6) is 0 Å². The molecule has 0 unspecified atom stereocenters. The van der Waals surface area contributed by atoms with Crippen molar-refractivity contribution >= 4 is 5.69 Å². The predicted molar refractivity (Wildman–Crippen MR) is 78.3 cm³/mol. The van der Waals surface area contributed by atoms with Crippen LogP contribution in [0.3, 0.4) is 0 Å². The van der Waals surface area contributed by atoms with Crippen molar-refractivity contribution in [3.63, 3.8) is 0 Å². The molecule has 0 fully saturated rings. The number of nitrogens with zero attached hydrogens (tertiary/aromatic N) is 2. The highest BCUT2D eigenvalue weighted by Crippen LogP contribution is 2.28. The zero-order chi connectivity index (χ0) is 14.5. The molecular formula is C15H19N3O3. The Labute approximate surface area is 123 Å². The number of rotatable bonds is 7. The average Bonchev–Trinajstić information content (AvgIpc) is 3.15. The Hall–Kier alpha value is -1.92. The van der Waals surface area contributed by atoms with E-state index in [1.165, 1.54) is 5.56 Å². The molecule has 0 saturated carbocycles. The van der Waals surface area contributed by atoms with Crippen LogP contribution in [0.25, 0.3) is 11.5 Å². The predicted octanol–water partition coefficient (Wildman–Crippen LogP) is 1.91. The lowest BCUT2D eigenvalue weighted by Crippen LogP contribution is -2.05. The van der Waals surface area contributed by atoms with Gasteiger partial charge in [0.15, 0.2) is 5.82 Å². The van der Waals surface area contributed by atoms with Gasteiger partial charge in [0.1, 0.15) is 0 Å². The zero-order valence-electron chi connectivity index (χ0n) is 12.1. The van der Waals surface area contributed by atoms with E-state index < -0.39 is 0 Å². The number of benzene rings is 1. The summed E-state index contributed by atoms with van der Waals surface area (Å²) in [7, 11) is 1.65. The number of nitrogens with one attached hydrogen (secondary N) is 1. The second kappa shape index (κ2) is 6.69. The van der Waals surface area contributed by atoms with E-state index in [1.807, 2.05) is 6.07 Å². The van der Waals surface area contributed by atoms with Gasteiger partial charge in [-0.1, -0.05) is 11.2 Å². The van der Waals surface area contributed by atoms with Gasteiger partial charge < -0.3 is 19.3 Å². The van der Waals surface area contributed by atoms with Gasteiger partial charge in [-0.05, 0) is 24.1 Å². The first-order valence-electron chi connectivity index (χ1n) is 7.13. The highest BCUT2D eigenvalue weighted by molar-refractivity contribution is 5.66. The second-order valence-electron chi connectivity index (χ2n) is 4.92. The maximum atomic E-state index is 5.40. The second-order valence-corrected chi connectivity index (χ2v) is 4.92. The van der Waals surface area contributed by atoms with Crippen molar-refractivity contribution in [1.29, 1.82) is 0 Å². The van der Waals surface area contributed by atoms with Gasteiger partial charge in [0.2, 0.25) is 0 Å². The minimum absolute atomic E-state index is 0.554. The highest BCUT2D eigenvalue weighted by Gasteiger charge is 2.14. The standard InChI is InChI=1S/C15H19N3O3/c1-19-8-9-20-7-5-14-17-15(21-18-14)12-3-2-11-4-6-16-13(11)10-12/h2-3,10,16H,4-9H2,1H3. The van der Waals surface area contributed by atoms with Gasteiger partial charge in [-0.2, -0.15) is 4.98 Å². The molecule has 3 rings (SSSR count). The number of hydrogen-bond acceptors (Lipinski definition) is 6. The molecule has 0 saturated heterocycles. The van der Waals surface area contributed by atoms with Crippen molar-refractivity contribution in [2.24, 2.45) is 0 Å². The van der Waals surface area contributed by atoms with Crippen molar-refractivity contribution in [3.8, 4) is 11.5 Å². The summed E-state index contributed by atoms with van der Waals surface area (Å²) in [6.07, 6.45) is 1.71. The number of methoxy groups -OCH3 is 1. The van der Waals surface area contributed by atoms with Crippen LogP contribution in [0.2, 0.25) is 0 Å². The fourth-order valence-electron chi connectivity index (χ4n) is 2.30. The summed E-state index contributed by atoms with van der Waals surface area (Å²) in [5.74, 6) is 1.22. The maximum Gasteiger partial charge on any atom is 0.257 e. The summed E-state index contributed by atoms with van der Waals surface area (Å²) in [6, 6.07) is 6.20. The molecule has 21 heavy (non-hydrogen) atoms. The lowest BCUT2D eigenvalue weighted by atomic mass is 10.1. The molecule has 2 aromatic rings. The minimum atomic E-state index is 0.554. The van der Waals surface area contributed by atoms with Gasteiger partial charge >= 0.3 is 0 Å². The van der Waals surface area contributed by atoms with Gasteiger partial charge in [0.05, 0.1) is 19.8 Å². The summed E-state index contributed by atoms with van der Waals surface area (Å²) in [4.78, 5) is 4.41. The Balaban J connectivity index is 1.59. The monoisotopic (exact) mass is 289 g/mol. The van der Waals surface area contributed by atoms with E-state index in [9.17, 15) is 0 Å². The Bertz CT molecular complexity index is 598. The summed E-state index contributed by atoms with van der Waals surface area (Å²) in [5.41, 5.74) is 3.45. The van der Waals surface area contributed by atoms with E-state index in [4.69, 9.17) is 14.0 Å². The maximum absolute atomic E-state index is 5.40. The van der Waals surface area contributed by atoms with Crippen LogP contribution in [0.1, 0.15) is 11.4 Å². The molecule has 0 spiro atoms. The van der Waals surface area contributed by atoms with Crippen LogP contribution >= 0.6 is 0 Å². The molecule has 0 radical (unpaired) electrons. The number of aromatic nitrogens is 2. The van der Waals surface area contributed by atoms with Crippen LogP contribution in [-0.2, 0) is 22.3 Å². The third-order valence-corrected chi connectivity index (χ3v) is 3.44. The van der Waals surface area contributed by atoms with Crippen molar-refractivity contribution in [3.05, 3.63) is 29.6 Å². The normalized spacial score (nSPS) is 13.2. The lowest BCUT2D eigenvalue weighted by Gasteiger charge is -2.01. The molecule has 1 N–H and O–H groups in total. The molecule has 0 bridgehead atoms. The number of anilines is 1. The smallest absolute Gasteiger partial charge is 0.257 e. The fraction of sp³-hybridized carbons (Fsp3) is 0.467. The van der Waals surface area contributed by atoms with Crippen LogP contribution in [0.15, 0.2) is 22.7 Å². The summed E-state index contributed by atoms with van der Waals surface area (Å²) in [6.45, 7) is 2.73. The molecule has 6 heteroatoms. The third-order valence-electron chi connectivity index (χ3n) is 3.44. The van der Waals surface area contributed by atoms with E-state index in [1.54, 1.807) is 7.11 Å². The number of hydrogen-bond donors (Lipinski definition) is 1. The molecular weight excluding hydrogens is 270 g/mol. The Morgan fingerprint density at radius 2 is 2.24 bits per heavy atom. The van der Waals surface area contributed by atoms with Gasteiger partial charge in [0, 0.05) is 31.3 Å². The molecule has 2 heterocycles. The molecule has 0 amide bonds. The topological polar surface area (TPSA) is 69.4 Å². The average molecular weight is 289 g/mol. The SMILES string of the molecule is COCCOCCc1noc(-c2ccc3c(c2)NCC3)n1. The summed E-state index contributed by atoms with van der Waals surface area (Å²) >= 11 is 0. The molecule has 112 valence electrons. The van der Waals surface area contributed by atoms with E-state index >= 15 is 0 Å². The highest BCUT2D eigenvalue weighted by atomic mass is 16.5. The number of fused-ring (bicyclic) bond motifs is 1. The van der Waals surface area contributed by atoms with Gasteiger partial charge in [-0.15, -0.1) is 0 Å². The quantitative estimate of drug-likeness (QED) is 0.785. The van der Waals surface area contributed by atoms with Crippen LogP contribution in [-0.4, -0.2) is 43.6 Å². The van der Waals surface area contributed by atoms with Crippen molar-refractivity contribution in [2.75, 3.05) is 38.8 Å². The molecule has 1 aromatic heterocycles. The summed E-state index contributed by atoms with van der Waals surface area (Å²) in [5, 5.41) is 7.34. The Morgan fingerprint density at radius 1 is 1.29 bits per heavy atom. The van der Waals surface area contributed by atoms with Crippen LogP contribution in [0.4, 0.5) is 5.69 Å². The van der Waals surface area contributed by atoms with E-state index in [2.05, 4.69) is 27.6 Å². The largest absolute Gasteiger partial charge is 0.384 e. The third kappa shape index (κ3) is 3.40. The van der Waals surface area contributed by atoms with E-state index in [-0.39, 0.29) is 0 Å². The van der Waals surface area contributed by atoms with E-state index in [0.717, 1.165) is 24.2 Å². The zero-order valence-corrected chi connectivity index (χ0v) is 12.1. The lowest BCUT2D eigenvalue weighted by molar-refractivity contribution is 0.0714. The minimum Gasteiger partial charge on any atom is -0.384 e. The number of ether oxygens (including phenoxy) is 2. The molecule has 0 atom stereocenters. The van der Waals surface area contributed by atoms with Crippen molar-refractivity contribution in [1.82, 2.24) is 10.1 Å². The van der Waals surface area contributed by atoms with E-state index in [0.29, 0.717) is 38.0 Å². The molecule has 6 nitrogen and oxygen atoms in total. The van der Waals surface area contributed by atoms with Gasteiger partial charge in [-0.25, -0.2) is 0 Å². The first-order valence-corrected chi connectivity index (χ1v) is 7.13.